The fraction of sp³-hybridized carbons (Fsp3) is 0.238. The van der Waals surface area contributed by atoms with Gasteiger partial charge >= 0.3 is 0 Å². The van der Waals surface area contributed by atoms with Crippen LogP contribution in [0.5, 0.6) is 0 Å². The number of rotatable bonds is 4. The minimum atomic E-state index is -0.323. The predicted molar refractivity (Wildman–Crippen MR) is 101 cm³/mol. The number of nitrogens with one attached hydrogen (secondary N) is 1. The van der Waals surface area contributed by atoms with Gasteiger partial charge in [0.2, 0.25) is 10.9 Å². The molecule has 0 amide bonds. The van der Waals surface area contributed by atoms with Gasteiger partial charge in [-0.05, 0) is 16.7 Å². The quantitative estimate of drug-likeness (QED) is 0.742. The van der Waals surface area contributed by atoms with E-state index in [4.69, 9.17) is 0 Å². The van der Waals surface area contributed by atoms with E-state index in [0.29, 0.717) is 17.7 Å². The van der Waals surface area contributed by atoms with Gasteiger partial charge in [-0.3, -0.25) is 9.59 Å². The van der Waals surface area contributed by atoms with Crippen LogP contribution in [-0.4, -0.2) is 26.2 Å². The molecular formula is C21H20N2O2. The van der Waals surface area contributed by atoms with Crippen molar-refractivity contribution in [1.29, 1.82) is 0 Å². The zero-order valence-electron chi connectivity index (χ0n) is 14.0. The first-order valence-corrected chi connectivity index (χ1v) is 8.66. The van der Waals surface area contributed by atoms with E-state index in [9.17, 15) is 9.59 Å². The van der Waals surface area contributed by atoms with Gasteiger partial charge in [-0.25, -0.2) is 0 Å². The van der Waals surface area contributed by atoms with Crippen molar-refractivity contribution in [3.8, 4) is 11.1 Å². The molecule has 0 aliphatic carbocycles. The molecule has 4 rings (SSSR count). The lowest BCUT2D eigenvalue weighted by Gasteiger charge is -2.31. The standard InChI is InChI=1S/C21H20N2O2/c24-20-18(19(21(20)25)23-11-9-22-10-12-23)14-15-5-4-8-17(13-15)16-6-2-1-3-7-16/h1-8,13,22H,9-12,14H2. The van der Waals surface area contributed by atoms with Gasteiger partial charge in [0.25, 0.3) is 0 Å². The molecule has 0 atom stereocenters. The van der Waals surface area contributed by atoms with Crippen LogP contribution in [0.4, 0.5) is 5.69 Å². The van der Waals surface area contributed by atoms with Crippen LogP contribution in [0.2, 0.25) is 0 Å². The van der Waals surface area contributed by atoms with Crippen LogP contribution in [0.3, 0.4) is 0 Å². The van der Waals surface area contributed by atoms with E-state index < -0.39 is 0 Å². The van der Waals surface area contributed by atoms with E-state index in [1.807, 2.05) is 30.3 Å². The van der Waals surface area contributed by atoms with Crippen molar-refractivity contribution in [2.75, 3.05) is 31.1 Å². The van der Waals surface area contributed by atoms with Crippen LogP contribution >= 0.6 is 0 Å². The Kier molecular flexibility index (Phi) is 4.20. The lowest BCUT2D eigenvalue weighted by molar-refractivity contribution is 0.585. The fourth-order valence-electron chi connectivity index (χ4n) is 3.51. The monoisotopic (exact) mass is 332 g/mol. The van der Waals surface area contributed by atoms with Gasteiger partial charge in [-0.1, -0.05) is 54.6 Å². The zero-order chi connectivity index (χ0) is 17.2. The van der Waals surface area contributed by atoms with Gasteiger partial charge < -0.3 is 10.2 Å². The van der Waals surface area contributed by atoms with Crippen LogP contribution in [0, 0.1) is 0 Å². The number of benzene rings is 2. The second-order valence-corrected chi connectivity index (χ2v) is 6.47. The minimum absolute atomic E-state index is 0.321. The van der Waals surface area contributed by atoms with Crippen molar-refractivity contribution in [1.82, 2.24) is 5.32 Å². The molecule has 0 saturated carbocycles. The van der Waals surface area contributed by atoms with Crippen molar-refractivity contribution in [2.45, 2.75) is 6.42 Å². The maximum absolute atomic E-state index is 12.1. The van der Waals surface area contributed by atoms with Crippen LogP contribution < -0.4 is 21.1 Å². The molecule has 0 spiro atoms. The third-order valence-corrected chi connectivity index (χ3v) is 4.83. The number of nitrogens with zero attached hydrogens (tertiary/aromatic N) is 1. The van der Waals surface area contributed by atoms with Crippen molar-refractivity contribution < 1.29 is 0 Å². The predicted octanol–water partition coefficient (Wildman–Crippen LogP) is 1.95. The Labute approximate surface area is 146 Å². The Morgan fingerprint density at radius 2 is 1.56 bits per heavy atom. The molecule has 4 nitrogen and oxygen atoms in total. The summed E-state index contributed by atoms with van der Waals surface area (Å²) in [6.45, 7) is 3.26. The third kappa shape index (κ3) is 3.01. The van der Waals surface area contributed by atoms with Crippen molar-refractivity contribution in [3.63, 3.8) is 0 Å². The lowest BCUT2D eigenvalue weighted by Crippen LogP contribution is -2.50. The summed E-state index contributed by atoms with van der Waals surface area (Å²) in [4.78, 5) is 26.3. The summed E-state index contributed by atoms with van der Waals surface area (Å²) < 4.78 is 0. The normalized spacial score (nSPS) is 14.8. The SMILES string of the molecule is O=c1c(Cc2cccc(-c3ccccc3)c2)c(N2CCNCC2)c1=O. The van der Waals surface area contributed by atoms with Gasteiger partial charge in [0, 0.05) is 38.2 Å². The molecule has 0 radical (unpaired) electrons. The number of hydrogen-bond acceptors (Lipinski definition) is 4. The van der Waals surface area contributed by atoms with E-state index in [1.165, 1.54) is 0 Å². The van der Waals surface area contributed by atoms with Gasteiger partial charge in [0.15, 0.2) is 0 Å². The molecule has 1 heterocycles. The van der Waals surface area contributed by atoms with E-state index in [2.05, 4.69) is 34.5 Å². The Bertz CT molecular complexity index is 950. The molecule has 1 N–H and O–H groups in total. The first kappa shape index (κ1) is 15.8. The summed E-state index contributed by atoms with van der Waals surface area (Å²) in [6, 6.07) is 18.4. The van der Waals surface area contributed by atoms with Crippen LogP contribution in [0.1, 0.15) is 11.1 Å². The minimum Gasteiger partial charge on any atom is -0.365 e. The van der Waals surface area contributed by atoms with Crippen molar-refractivity contribution in [2.24, 2.45) is 0 Å². The maximum Gasteiger partial charge on any atom is 0.249 e. The number of anilines is 1. The number of piperazine rings is 1. The highest BCUT2D eigenvalue weighted by Gasteiger charge is 2.26. The first-order valence-electron chi connectivity index (χ1n) is 8.66. The molecule has 0 bridgehead atoms. The Morgan fingerprint density at radius 1 is 0.840 bits per heavy atom. The Balaban J connectivity index is 1.62. The average molecular weight is 332 g/mol. The second-order valence-electron chi connectivity index (χ2n) is 6.47. The average Bonchev–Trinajstić information content (AvgIpc) is 2.69. The Hall–Kier alpha value is -2.72. The van der Waals surface area contributed by atoms with Gasteiger partial charge in [-0.2, -0.15) is 0 Å². The largest absolute Gasteiger partial charge is 0.365 e. The molecular weight excluding hydrogens is 312 g/mol. The smallest absolute Gasteiger partial charge is 0.249 e. The molecule has 1 aliphatic rings. The highest BCUT2D eigenvalue weighted by molar-refractivity contribution is 5.65. The van der Waals surface area contributed by atoms with E-state index in [-0.39, 0.29) is 10.9 Å². The van der Waals surface area contributed by atoms with E-state index in [0.717, 1.165) is 42.9 Å². The summed E-state index contributed by atoms with van der Waals surface area (Å²) in [6.07, 6.45) is 0.518. The van der Waals surface area contributed by atoms with Crippen molar-refractivity contribution >= 4 is 5.69 Å². The van der Waals surface area contributed by atoms with E-state index >= 15 is 0 Å². The molecule has 3 aromatic rings. The second kappa shape index (κ2) is 6.65. The molecule has 1 saturated heterocycles. The molecule has 3 aromatic carbocycles. The van der Waals surface area contributed by atoms with Gasteiger partial charge in [-0.15, -0.1) is 0 Å². The summed E-state index contributed by atoms with van der Waals surface area (Å²) >= 11 is 0. The summed E-state index contributed by atoms with van der Waals surface area (Å²) in [5, 5.41) is 3.27. The zero-order valence-corrected chi connectivity index (χ0v) is 14.0. The van der Waals surface area contributed by atoms with Crippen LogP contribution in [0.15, 0.2) is 64.2 Å². The van der Waals surface area contributed by atoms with Gasteiger partial charge in [0.1, 0.15) is 0 Å². The topological polar surface area (TPSA) is 49.4 Å². The molecule has 25 heavy (non-hydrogen) atoms. The molecule has 126 valence electrons. The highest BCUT2D eigenvalue weighted by atomic mass is 16.2. The fourth-order valence-corrected chi connectivity index (χ4v) is 3.51. The molecule has 4 heteroatoms. The first-order chi connectivity index (χ1) is 12.2. The highest BCUT2D eigenvalue weighted by Crippen LogP contribution is 2.23. The summed E-state index contributed by atoms with van der Waals surface area (Å²) in [7, 11) is 0. The third-order valence-electron chi connectivity index (χ3n) is 4.83. The number of hydrogen-bond donors (Lipinski definition) is 1. The molecule has 1 aliphatic heterocycles. The molecule has 0 unspecified atom stereocenters. The van der Waals surface area contributed by atoms with E-state index in [1.54, 1.807) is 0 Å². The molecule has 0 aromatic heterocycles. The summed E-state index contributed by atoms with van der Waals surface area (Å²) in [5.74, 6) is 0. The van der Waals surface area contributed by atoms with Crippen LogP contribution in [0.25, 0.3) is 11.1 Å². The van der Waals surface area contributed by atoms with Gasteiger partial charge in [0.05, 0.1) is 5.69 Å². The Morgan fingerprint density at radius 3 is 2.32 bits per heavy atom. The molecule has 1 fully saturated rings. The lowest BCUT2D eigenvalue weighted by atomic mass is 9.95. The summed E-state index contributed by atoms with van der Waals surface area (Å²) in [5.41, 5.74) is 3.99. The van der Waals surface area contributed by atoms with Crippen LogP contribution in [-0.2, 0) is 6.42 Å². The van der Waals surface area contributed by atoms with Crippen molar-refractivity contribution in [3.05, 3.63) is 86.2 Å². The maximum atomic E-state index is 12.1.